The van der Waals surface area contributed by atoms with Gasteiger partial charge in [-0.25, -0.2) is 4.98 Å². The molecule has 1 heterocycles. The Labute approximate surface area is 142 Å². The minimum atomic E-state index is 1.12. The molecule has 3 aromatic carbocycles. The third kappa shape index (κ3) is 2.74. The van der Waals surface area contributed by atoms with Crippen molar-refractivity contribution in [2.45, 2.75) is 0 Å². The Morgan fingerprint density at radius 2 is 1.25 bits per heavy atom. The number of benzene rings is 3. The van der Waals surface area contributed by atoms with Gasteiger partial charge in [0.2, 0.25) is 0 Å². The number of hydrogen-bond donors (Lipinski definition) is 0. The normalized spacial score (nSPS) is 10.9. The molecule has 0 saturated carbocycles. The van der Waals surface area contributed by atoms with Gasteiger partial charge in [-0.1, -0.05) is 78.9 Å². The summed E-state index contributed by atoms with van der Waals surface area (Å²) in [6.07, 6.45) is 5.63. The Morgan fingerprint density at radius 3 is 1.83 bits per heavy atom. The zero-order valence-corrected chi connectivity index (χ0v) is 13.2. The van der Waals surface area contributed by atoms with Crippen molar-refractivity contribution >= 4 is 0 Å². The Balaban J connectivity index is 1.93. The van der Waals surface area contributed by atoms with Crippen LogP contribution in [0.5, 0.6) is 0 Å². The van der Waals surface area contributed by atoms with Crippen molar-refractivity contribution in [3.63, 3.8) is 0 Å². The first kappa shape index (κ1) is 14.5. The molecule has 1 aromatic heterocycles. The van der Waals surface area contributed by atoms with E-state index in [1.165, 1.54) is 22.6 Å². The summed E-state index contributed by atoms with van der Waals surface area (Å²) in [5.41, 5.74) is 4.72. The summed E-state index contributed by atoms with van der Waals surface area (Å²) in [6, 6.07) is 29.5. The third-order valence-electron chi connectivity index (χ3n) is 4.08. The molecular weight excluding hydrogens is 292 g/mol. The van der Waals surface area contributed by atoms with Gasteiger partial charge in [-0.05, 0) is 22.8 Å². The highest BCUT2D eigenvalue weighted by Gasteiger charge is 2.20. The van der Waals surface area contributed by atoms with Crippen molar-refractivity contribution < 1.29 is 0 Å². The molecule has 0 spiro atoms. The monoisotopic (exact) mass is 309 g/mol. The lowest BCUT2D eigenvalue weighted by molar-refractivity contribution is 1.03. The van der Waals surface area contributed by atoms with Crippen LogP contribution >= 0.6 is 0 Å². The SMILES string of the molecule is c1ccc([C](c2ccccc2)c2ccccc2-n2ccnc2)cc1. The molecule has 0 aliphatic heterocycles. The quantitative estimate of drug-likeness (QED) is 0.491. The Kier molecular flexibility index (Phi) is 3.95. The number of hydrogen-bond acceptors (Lipinski definition) is 1. The van der Waals surface area contributed by atoms with Crippen LogP contribution in [0, 0.1) is 5.92 Å². The van der Waals surface area contributed by atoms with Crippen molar-refractivity contribution in [3.05, 3.63) is 126 Å². The van der Waals surface area contributed by atoms with E-state index in [0.29, 0.717) is 0 Å². The minimum absolute atomic E-state index is 1.12. The molecule has 4 rings (SSSR count). The van der Waals surface area contributed by atoms with E-state index < -0.39 is 0 Å². The van der Waals surface area contributed by atoms with Gasteiger partial charge >= 0.3 is 0 Å². The fraction of sp³-hybridized carbons (Fsp3) is 0. The largest absolute Gasteiger partial charge is 0.306 e. The fourth-order valence-corrected chi connectivity index (χ4v) is 3.00. The van der Waals surface area contributed by atoms with Crippen LogP contribution in [0.4, 0.5) is 0 Å². The summed E-state index contributed by atoms with van der Waals surface area (Å²) in [5.74, 6) is 1.22. The highest BCUT2D eigenvalue weighted by molar-refractivity contribution is 5.63. The third-order valence-corrected chi connectivity index (χ3v) is 4.08. The maximum Gasteiger partial charge on any atom is 0.0991 e. The molecule has 115 valence electrons. The molecule has 4 aromatic rings. The molecule has 0 atom stereocenters. The first-order valence-corrected chi connectivity index (χ1v) is 7.99. The van der Waals surface area contributed by atoms with E-state index >= 15 is 0 Å². The van der Waals surface area contributed by atoms with Crippen LogP contribution in [-0.4, -0.2) is 9.55 Å². The van der Waals surface area contributed by atoms with Crippen molar-refractivity contribution in [3.8, 4) is 5.69 Å². The van der Waals surface area contributed by atoms with Crippen molar-refractivity contribution in [1.29, 1.82) is 0 Å². The van der Waals surface area contributed by atoms with E-state index in [0.717, 1.165) is 5.69 Å². The van der Waals surface area contributed by atoms with Gasteiger partial charge in [0.15, 0.2) is 0 Å². The van der Waals surface area contributed by atoms with Crippen LogP contribution in [0.25, 0.3) is 5.69 Å². The highest BCUT2D eigenvalue weighted by atomic mass is 15.0. The van der Waals surface area contributed by atoms with E-state index in [2.05, 4.69) is 82.3 Å². The molecule has 0 N–H and O–H groups in total. The number of para-hydroxylation sites is 1. The van der Waals surface area contributed by atoms with Crippen LogP contribution in [0.1, 0.15) is 16.7 Å². The van der Waals surface area contributed by atoms with Gasteiger partial charge in [-0.2, -0.15) is 0 Å². The summed E-state index contributed by atoms with van der Waals surface area (Å²) < 4.78 is 2.06. The number of rotatable bonds is 4. The minimum Gasteiger partial charge on any atom is -0.306 e. The Morgan fingerprint density at radius 1 is 0.667 bits per heavy atom. The Bertz CT molecular complexity index is 858. The van der Waals surface area contributed by atoms with E-state index in [9.17, 15) is 0 Å². The first-order chi connectivity index (χ1) is 11.9. The second kappa shape index (κ2) is 6.55. The van der Waals surface area contributed by atoms with E-state index in [1.54, 1.807) is 0 Å². The van der Waals surface area contributed by atoms with E-state index in [4.69, 9.17) is 0 Å². The van der Waals surface area contributed by atoms with Crippen molar-refractivity contribution in [1.82, 2.24) is 9.55 Å². The molecule has 0 amide bonds. The molecule has 2 heteroatoms. The smallest absolute Gasteiger partial charge is 0.0991 e. The number of aromatic nitrogens is 2. The number of nitrogens with zero attached hydrogens (tertiary/aromatic N) is 2. The molecule has 0 saturated heterocycles. The summed E-state index contributed by atoms with van der Waals surface area (Å²) in [4.78, 5) is 4.20. The van der Waals surface area contributed by atoms with Crippen LogP contribution in [0.15, 0.2) is 104 Å². The average molecular weight is 309 g/mol. The van der Waals surface area contributed by atoms with Gasteiger partial charge in [0, 0.05) is 12.4 Å². The predicted molar refractivity (Wildman–Crippen MR) is 97.0 cm³/mol. The molecule has 0 bridgehead atoms. The standard InChI is InChI=1S/C22H17N2/c1-3-9-18(10-4-1)22(19-11-5-2-6-12-19)20-13-7-8-14-21(20)24-16-15-23-17-24/h1-17H. The van der Waals surface area contributed by atoms with Crippen LogP contribution in [0.3, 0.4) is 0 Å². The van der Waals surface area contributed by atoms with Gasteiger partial charge in [-0.15, -0.1) is 0 Å². The number of imidazole rings is 1. The van der Waals surface area contributed by atoms with Crippen LogP contribution in [0.2, 0.25) is 0 Å². The average Bonchev–Trinajstić information content (AvgIpc) is 3.19. The van der Waals surface area contributed by atoms with E-state index in [1.807, 2.05) is 30.9 Å². The zero-order chi connectivity index (χ0) is 16.2. The summed E-state index contributed by atoms with van der Waals surface area (Å²) in [6.45, 7) is 0. The van der Waals surface area contributed by atoms with Crippen molar-refractivity contribution in [2.24, 2.45) is 0 Å². The van der Waals surface area contributed by atoms with Crippen LogP contribution < -0.4 is 0 Å². The summed E-state index contributed by atoms with van der Waals surface area (Å²) in [7, 11) is 0. The highest BCUT2D eigenvalue weighted by Crippen LogP contribution is 2.34. The first-order valence-electron chi connectivity index (χ1n) is 7.99. The van der Waals surface area contributed by atoms with Gasteiger partial charge in [0.1, 0.15) is 0 Å². The molecule has 0 aliphatic carbocycles. The molecule has 24 heavy (non-hydrogen) atoms. The zero-order valence-electron chi connectivity index (χ0n) is 13.2. The summed E-state index contributed by atoms with van der Waals surface area (Å²) >= 11 is 0. The maximum absolute atomic E-state index is 4.20. The topological polar surface area (TPSA) is 17.8 Å². The second-order valence-corrected chi connectivity index (χ2v) is 5.59. The van der Waals surface area contributed by atoms with Gasteiger partial charge in [-0.3, -0.25) is 0 Å². The molecule has 1 radical (unpaired) electrons. The predicted octanol–water partition coefficient (Wildman–Crippen LogP) is 4.89. The lowest BCUT2D eigenvalue weighted by atomic mass is 9.84. The molecule has 2 nitrogen and oxygen atoms in total. The van der Waals surface area contributed by atoms with Gasteiger partial charge in [0.25, 0.3) is 0 Å². The van der Waals surface area contributed by atoms with Crippen LogP contribution in [-0.2, 0) is 0 Å². The summed E-state index contributed by atoms with van der Waals surface area (Å²) in [5, 5.41) is 0. The molecule has 0 fully saturated rings. The van der Waals surface area contributed by atoms with Crippen molar-refractivity contribution in [2.75, 3.05) is 0 Å². The second-order valence-electron chi connectivity index (χ2n) is 5.59. The fourth-order valence-electron chi connectivity index (χ4n) is 3.00. The molecule has 0 unspecified atom stereocenters. The molecular formula is C22H17N2. The lowest BCUT2D eigenvalue weighted by Gasteiger charge is -2.21. The maximum atomic E-state index is 4.20. The lowest BCUT2D eigenvalue weighted by Crippen LogP contribution is -2.08. The van der Waals surface area contributed by atoms with Gasteiger partial charge < -0.3 is 4.57 Å². The van der Waals surface area contributed by atoms with E-state index in [-0.39, 0.29) is 0 Å². The Hall–Kier alpha value is -3.13. The van der Waals surface area contributed by atoms with Gasteiger partial charge in [0.05, 0.1) is 17.9 Å². The molecule has 0 aliphatic rings.